The summed E-state index contributed by atoms with van der Waals surface area (Å²) >= 11 is 0. The van der Waals surface area contributed by atoms with Crippen molar-refractivity contribution in [1.29, 1.82) is 0 Å². The van der Waals surface area contributed by atoms with Crippen LogP contribution < -0.4 is 0 Å². The molecular formula is C16H18F3N7. The highest BCUT2D eigenvalue weighted by Gasteiger charge is 2.30. The summed E-state index contributed by atoms with van der Waals surface area (Å²) in [5.74, 6) is 0.537. The molecule has 0 aliphatic rings. The van der Waals surface area contributed by atoms with E-state index < -0.39 is 11.7 Å². The van der Waals surface area contributed by atoms with Crippen LogP contribution in [0.15, 0.2) is 36.5 Å². The van der Waals surface area contributed by atoms with E-state index in [1.54, 1.807) is 6.20 Å². The van der Waals surface area contributed by atoms with Gasteiger partial charge in [0.2, 0.25) is 0 Å². The molecule has 0 unspecified atom stereocenters. The smallest absolute Gasteiger partial charge is 0.293 e. The van der Waals surface area contributed by atoms with E-state index >= 15 is 0 Å². The van der Waals surface area contributed by atoms with Gasteiger partial charge in [-0.05, 0) is 54.7 Å². The first-order valence-corrected chi connectivity index (χ1v) is 8.02. The number of benzene rings is 1. The summed E-state index contributed by atoms with van der Waals surface area (Å²) in [6.45, 7) is 3.87. The molecule has 0 aliphatic carbocycles. The normalized spacial score (nSPS) is 12.1. The maximum Gasteiger partial charge on any atom is 0.416 e. The quantitative estimate of drug-likeness (QED) is 0.672. The van der Waals surface area contributed by atoms with E-state index in [2.05, 4.69) is 20.6 Å². The van der Waals surface area contributed by atoms with E-state index in [-0.39, 0.29) is 0 Å². The van der Waals surface area contributed by atoms with Crippen LogP contribution in [-0.4, -0.2) is 41.9 Å². The molecule has 0 bridgehead atoms. The Kier molecular flexibility index (Phi) is 5.03. The van der Waals surface area contributed by atoms with Crippen LogP contribution in [0.5, 0.6) is 0 Å². The Balaban J connectivity index is 1.74. The Morgan fingerprint density at radius 1 is 1.08 bits per heavy atom. The van der Waals surface area contributed by atoms with E-state index in [1.165, 1.54) is 16.8 Å². The number of nitrogens with zero attached hydrogens (tertiary/aromatic N) is 7. The van der Waals surface area contributed by atoms with Crippen molar-refractivity contribution in [1.82, 2.24) is 34.9 Å². The van der Waals surface area contributed by atoms with Gasteiger partial charge in [0.25, 0.3) is 0 Å². The molecule has 1 aromatic carbocycles. The molecule has 10 heteroatoms. The molecular weight excluding hydrogens is 347 g/mol. The lowest BCUT2D eigenvalue weighted by atomic mass is 10.2. The van der Waals surface area contributed by atoms with Crippen LogP contribution in [0.25, 0.3) is 5.69 Å². The molecule has 0 fully saturated rings. The first-order valence-electron chi connectivity index (χ1n) is 8.02. The Hall–Kier alpha value is -2.75. The van der Waals surface area contributed by atoms with E-state index in [0.29, 0.717) is 24.6 Å². The number of hydrogen-bond donors (Lipinski definition) is 0. The van der Waals surface area contributed by atoms with Gasteiger partial charge in [-0.2, -0.15) is 23.0 Å². The molecule has 0 saturated carbocycles. The van der Waals surface area contributed by atoms with Gasteiger partial charge >= 0.3 is 6.18 Å². The molecule has 26 heavy (non-hydrogen) atoms. The van der Waals surface area contributed by atoms with Crippen molar-refractivity contribution in [2.24, 2.45) is 0 Å². The summed E-state index contributed by atoms with van der Waals surface area (Å²) in [5, 5.41) is 15.8. The van der Waals surface area contributed by atoms with Gasteiger partial charge in [0.1, 0.15) is 0 Å². The Morgan fingerprint density at radius 3 is 2.46 bits per heavy atom. The van der Waals surface area contributed by atoms with Crippen molar-refractivity contribution in [2.75, 3.05) is 7.05 Å². The molecule has 138 valence electrons. The van der Waals surface area contributed by atoms with Crippen LogP contribution in [-0.2, 0) is 25.8 Å². The largest absolute Gasteiger partial charge is 0.416 e. The lowest BCUT2D eigenvalue weighted by Crippen LogP contribution is -2.22. The topological polar surface area (TPSA) is 64.7 Å². The first-order chi connectivity index (χ1) is 12.4. The summed E-state index contributed by atoms with van der Waals surface area (Å²) in [5.41, 5.74) is 0.828. The molecule has 0 saturated heterocycles. The number of aryl methyl sites for hydroxylation is 1. The molecule has 0 radical (unpaired) electrons. The standard InChI is InChI=1S/C16H18F3N7/c1-3-25-14(8-9-20-25)10-24(2)11-15-21-22-23-26(15)13-6-4-12(5-7-13)16(17,18)19/h4-9H,3,10-11H2,1-2H3. The zero-order valence-corrected chi connectivity index (χ0v) is 14.3. The van der Waals surface area contributed by atoms with Gasteiger partial charge in [0.15, 0.2) is 5.82 Å². The van der Waals surface area contributed by atoms with E-state index in [1.807, 2.05) is 29.6 Å². The molecule has 3 rings (SSSR count). The third-order valence-corrected chi connectivity index (χ3v) is 3.92. The molecule has 7 nitrogen and oxygen atoms in total. The van der Waals surface area contributed by atoms with Gasteiger partial charge in [-0.15, -0.1) is 5.10 Å². The third-order valence-electron chi connectivity index (χ3n) is 3.92. The van der Waals surface area contributed by atoms with E-state index in [9.17, 15) is 13.2 Å². The fraction of sp³-hybridized carbons (Fsp3) is 0.375. The molecule has 3 aromatic rings. The monoisotopic (exact) mass is 365 g/mol. The van der Waals surface area contributed by atoms with Crippen molar-refractivity contribution >= 4 is 0 Å². The molecule has 0 atom stereocenters. The van der Waals surface area contributed by atoms with Crippen LogP contribution in [0, 0.1) is 0 Å². The first kappa shape index (κ1) is 18.1. The SMILES string of the molecule is CCn1nccc1CN(C)Cc1nnnn1-c1ccc(C(F)(F)F)cc1. The summed E-state index contributed by atoms with van der Waals surface area (Å²) in [6, 6.07) is 6.69. The second kappa shape index (κ2) is 7.24. The zero-order chi connectivity index (χ0) is 18.7. The minimum atomic E-state index is -4.37. The maximum atomic E-state index is 12.7. The maximum absolute atomic E-state index is 12.7. The second-order valence-corrected chi connectivity index (χ2v) is 5.86. The minimum absolute atomic E-state index is 0.433. The van der Waals surface area contributed by atoms with Gasteiger partial charge < -0.3 is 0 Å². The number of hydrogen-bond acceptors (Lipinski definition) is 5. The second-order valence-electron chi connectivity index (χ2n) is 5.86. The highest BCUT2D eigenvalue weighted by Crippen LogP contribution is 2.29. The van der Waals surface area contributed by atoms with Crippen molar-refractivity contribution in [3.63, 3.8) is 0 Å². The highest BCUT2D eigenvalue weighted by atomic mass is 19.4. The van der Waals surface area contributed by atoms with Crippen LogP contribution in [0.2, 0.25) is 0 Å². The van der Waals surface area contributed by atoms with Gasteiger partial charge in [0.05, 0.1) is 23.5 Å². The molecule has 2 aromatic heterocycles. The fourth-order valence-corrected chi connectivity index (χ4v) is 2.65. The van der Waals surface area contributed by atoms with Gasteiger partial charge in [-0.1, -0.05) is 0 Å². The van der Waals surface area contributed by atoms with Gasteiger partial charge in [0, 0.05) is 19.3 Å². The van der Waals surface area contributed by atoms with Crippen LogP contribution in [0.3, 0.4) is 0 Å². The lowest BCUT2D eigenvalue weighted by Gasteiger charge is -2.16. The number of halogens is 3. The Bertz CT molecular complexity index is 851. The Morgan fingerprint density at radius 2 is 1.81 bits per heavy atom. The Labute approximate surface area is 148 Å². The highest BCUT2D eigenvalue weighted by molar-refractivity contribution is 5.35. The third kappa shape index (κ3) is 3.90. The number of alkyl halides is 3. The van der Waals surface area contributed by atoms with E-state index in [4.69, 9.17) is 0 Å². The molecule has 0 N–H and O–H groups in total. The molecule has 2 heterocycles. The summed E-state index contributed by atoms with van der Waals surface area (Å²) < 4.78 is 41.4. The van der Waals surface area contributed by atoms with Crippen LogP contribution >= 0.6 is 0 Å². The van der Waals surface area contributed by atoms with Crippen molar-refractivity contribution in [3.8, 4) is 5.69 Å². The summed E-state index contributed by atoms with van der Waals surface area (Å²) in [6.07, 6.45) is -2.62. The minimum Gasteiger partial charge on any atom is -0.293 e. The average Bonchev–Trinajstić information content (AvgIpc) is 3.23. The zero-order valence-electron chi connectivity index (χ0n) is 14.3. The number of aromatic nitrogens is 6. The average molecular weight is 365 g/mol. The van der Waals surface area contributed by atoms with Crippen LogP contribution in [0.4, 0.5) is 13.2 Å². The fourth-order valence-electron chi connectivity index (χ4n) is 2.65. The molecule has 0 amide bonds. The molecule has 0 spiro atoms. The number of rotatable bonds is 6. The van der Waals surface area contributed by atoms with Crippen molar-refractivity contribution < 1.29 is 13.2 Å². The van der Waals surface area contributed by atoms with E-state index in [0.717, 1.165) is 24.4 Å². The van der Waals surface area contributed by atoms with Gasteiger partial charge in [-0.3, -0.25) is 9.58 Å². The summed E-state index contributed by atoms with van der Waals surface area (Å²) in [7, 11) is 1.92. The molecule has 0 aliphatic heterocycles. The predicted octanol–water partition coefficient (Wildman–Crippen LogP) is 2.53. The predicted molar refractivity (Wildman–Crippen MR) is 87.2 cm³/mol. The summed E-state index contributed by atoms with van der Waals surface area (Å²) in [4.78, 5) is 2.01. The lowest BCUT2D eigenvalue weighted by molar-refractivity contribution is -0.137. The van der Waals surface area contributed by atoms with Crippen molar-refractivity contribution in [2.45, 2.75) is 32.7 Å². The van der Waals surface area contributed by atoms with Gasteiger partial charge in [-0.25, -0.2) is 0 Å². The van der Waals surface area contributed by atoms with Crippen LogP contribution in [0.1, 0.15) is 24.0 Å². The number of tetrazole rings is 1. The van der Waals surface area contributed by atoms with Crippen molar-refractivity contribution in [3.05, 3.63) is 53.6 Å².